The maximum absolute atomic E-state index is 12.7. The van der Waals surface area contributed by atoms with Crippen LogP contribution in [0.1, 0.15) is 58.7 Å². The number of quaternary nitrogens is 1. The van der Waals surface area contributed by atoms with E-state index in [0.29, 0.717) is 36.1 Å². The zero-order valence-electron chi connectivity index (χ0n) is 21.0. The molecule has 1 aliphatic heterocycles. The third-order valence-electron chi connectivity index (χ3n) is 6.21. The molecule has 1 saturated heterocycles. The molecule has 0 aliphatic carbocycles. The fourth-order valence-electron chi connectivity index (χ4n) is 4.11. The minimum Gasteiger partial charge on any atom is -1.00 e. The molecule has 1 aromatic rings. The van der Waals surface area contributed by atoms with Crippen LogP contribution in [0.2, 0.25) is 0 Å². The zero-order chi connectivity index (χ0) is 24.3. The first kappa shape index (κ1) is 30.2. The average Bonchev–Trinajstić information content (AvgIpc) is 2.82. The predicted octanol–water partition coefficient (Wildman–Crippen LogP) is -1.40. The number of carbonyl (C=O) groups excluding carboxylic acids is 2. The molecule has 0 unspecified atom stereocenters. The Hall–Kier alpha value is -1.80. The van der Waals surface area contributed by atoms with E-state index in [2.05, 4.69) is 51.6 Å². The number of halogens is 1. The molecule has 2 amide bonds. The van der Waals surface area contributed by atoms with E-state index < -0.39 is 5.92 Å². The highest BCUT2D eigenvalue weighted by Crippen LogP contribution is 2.17. The molecule has 0 radical (unpaired) electrons. The number of piperazine rings is 1. The van der Waals surface area contributed by atoms with Gasteiger partial charge in [-0.1, -0.05) is 40.0 Å². The molecule has 1 fully saturated rings. The lowest BCUT2D eigenvalue weighted by molar-refractivity contribution is -0.910. The minimum absolute atomic E-state index is 0. The average molecular weight is 593 g/mol. The van der Waals surface area contributed by atoms with E-state index >= 15 is 0 Å². The summed E-state index contributed by atoms with van der Waals surface area (Å²) >= 11 is 0. The standard InChI is InChI=1S/C22H40N8O3.HI/c1-5-8-9-10-18(16-29(33)17-31)20(32)26-27-21-23-19(7-3)24-22(25-21)28-11-14-30(4,13-6-2)15-12-28;/h17-18,33H,5-16H2,1-4H3,(H-,23,24,25,26,27,32);1H/t18-;/m1./s1. The van der Waals surface area contributed by atoms with Gasteiger partial charge in [0.05, 0.1) is 52.2 Å². The quantitative estimate of drug-likeness (QED) is 0.0603. The molecule has 0 saturated carbocycles. The van der Waals surface area contributed by atoms with Crippen LogP contribution in [0.3, 0.4) is 0 Å². The van der Waals surface area contributed by atoms with Crippen LogP contribution >= 0.6 is 0 Å². The lowest BCUT2D eigenvalue weighted by atomic mass is 10.0. The summed E-state index contributed by atoms with van der Waals surface area (Å²) in [5.74, 6) is 0.684. The van der Waals surface area contributed by atoms with Gasteiger partial charge in [0.25, 0.3) is 0 Å². The highest BCUT2D eigenvalue weighted by atomic mass is 127. The number of hydroxylamine groups is 2. The fourth-order valence-corrected chi connectivity index (χ4v) is 4.11. The van der Waals surface area contributed by atoms with Crippen LogP contribution in [0, 0.1) is 5.92 Å². The van der Waals surface area contributed by atoms with E-state index in [4.69, 9.17) is 0 Å². The normalized spacial score (nSPS) is 15.7. The zero-order valence-corrected chi connectivity index (χ0v) is 23.1. The smallest absolute Gasteiger partial charge is 0.246 e. The van der Waals surface area contributed by atoms with Crippen LogP contribution < -0.4 is 39.7 Å². The molecule has 2 rings (SSSR count). The third kappa shape index (κ3) is 9.45. The summed E-state index contributed by atoms with van der Waals surface area (Å²) in [5.41, 5.74) is 5.47. The van der Waals surface area contributed by atoms with Crippen molar-refractivity contribution in [3.63, 3.8) is 0 Å². The summed E-state index contributed by atoms with van der Waals surface area (Å²) in [5, 5.41) is 10.1. The summed E-state index contributed by atoms with van der Waals surface area (Å²) in [7, 11) is 2.29. The van der Waals surface area contributed by atoms with Gasteiger partial charge in [-0.05, 0) is 12.8 Å². The summed E-state index contributed by atoms with van der Waals surface area (Å²) in [4.78, 5) is 39.2. The van der Waals surface area contributed by atoms with Crippen molar-refractivity contribution in [1.82, 2.24) is 25.4 Å². The topological polar surface area (TPSA) is 124 Å². The van der Waals surface area contributed by atoms with Crippen LogP contribution in [0.15, 0.2) is 0 Å². The van der Waals surface area contributed by atoms with Crippen molar-refractivity contribution < 1.29 is 43.3 Å². The number of carbonyl (C=O) groups is 2. The van der Waals surface area contributed by atoms with E-state index in [1.807, 2.05) is 6.92 Å². The second-order valence-corrected chi connectivity index (χ2v) is 9.04. The number of hydrazine groups is 1. The SMILES string of the molecule is CCCCC[C@H](CN(O)C=O)C(=O)NNc1nc(CC)nc(N2CC[N+](C)(CCC)CC2)n1.[I-]. The molecule has 3 N–H and O–H groups in total. The van der Waals surface area contributed by atoms with Crippen molar-refractivity contribution in [3.8, 4) is 0 Å². The molecule has 11 nitrogen and oxygen atoms in total. The second kappa shape index (κ2) is 15.2. The van der Waals surface area contributed by atoms with Gasteiger partial charge < -0.3 is 33.4 Å². The number of aromatic nitrogens is 3. The van der Waals surface area contributed by atoms with Gasteiger partial charge in [-0.2, -0.15) is 15.0 Å². The van der Waals surface area contributed by atoms with Crippen LogP contribution in [0.4, 0.5) is 11.9 Å². The molecule has 1 atom stereocenters. The number of rotatable bonds is 14. The number of hydrogen-bond donors (Lipinski definition) is 3. The number of likely N-dealkylation sites (N-methyl/N-ethyl adjacent to an activating group) is 1. The monoisotopic (exact) mass is 592 g/mol. The van der Waals surface area contributed by atoms with Crippen molar-refractivity contribution in [2.24, 2.45) is 5.92 Å². The van der Waals surface area contributed by atoms with E-state index in [1.54, 1.807) is 0 Å². The maximum Gasteiger partial charge on any atom is 0.246 e. The van der Waals surface area contributed by atoms with E-state index in [-0.39, 0.29) is 42.4 Å². The molecule has 34 heavy (non-hydrogen) atoms. The van der Waals surface area contributed by atoms with E-state index in [0.717, 1.165) is 56.3 Å². The molecule has 0 bridgehead atoms. The summed E-state index contributed by atoms with van der Waals surface area (Å²) in [6.07, 6.45) is 5.52. The van der Waals surface area contributed by atoms with Crippen molar-refractivity contribution in [1.29, 1.82) is 0 Å². The summed E-state index contributed by atoms with van der Waals surface area (Å²) in [6, 6.07) is 0. The molecule has 1 aliphatic rings. The molecule has 2 heterocycles. The molecule has 0 spiro atoms. The van der Waals surface area contributed by atoms with Gasteiger partial charge >= 0.3 is 0 Å². The van der Waals surface area contributed by atoms with Gasteiger partial charge in [0.15, 0.2) is 0 Å². The number of aryl methyl sites for hydroxylation is 1. The van der Waals surface area contributed by atoms with E-state index in [9.17, 15) is 14.8 Å². The molecule has 1 aromatic heterocycles. The highest BCUT2D eigenvalue weighted by molar-refractivity contribution is 5.80. The molecule has 0 aromatic carbocycles. The largest absolute Gasteiger partial charge is 1.00 e. The first-order valence-electron chi connectivity index (χ1n) is 12.1. The van der Waals surface area contributed by atoms with E-state index in [1.165, 1.54) is 6.54 Å². The van der Waals surface area contributed by atoms with Crippen LogP contribution in [-0.2, 0) is 16.0 Å². The lowest BCUT2D eigenvalue weighted by Crippen LogP contribution is -3.00. The van der Waals surface area contributed by atoms with Crippen LogP contribution in [0.25, 0.3) is 0 Å². The first-order chi connectivity index (χ1) is 15.8. The van der Waals surface area contributed by atoms with Gasteiger partial charge in [0.1, 0.15) is 5.82 Å². The Balaban J connectivity index is 0.00000578. The Kier molecular flexibility index (Phi) is 13.6. The number of nitrogens with zero attached hydrogens (tertiary/aromatic N) is 6. The summed E-state index contributed by atoms with van der Waals surface area (Å²) < 4.78 is 1.06. The van der Waals surface area contributed by atoms with Crippen molar-refractivity contribution in [2.45, 2.75) is 59.3 Å². The summed E-state index contributed by atoms with van der Waals surface area (Å²) in [6.45, 7) is 11.2. The molecule has 194 valence electrons. The number of amides is 2. The Labute approximate surface area is 220 Å². The Morgan fingerprint density at radius 1 is 1.18 bits per heavy atom. The predicted molar refractivity (Wildman–Crippen MR) is 126 cm³/mol. The Bertz CT molecular complexity index is 762. The van der Waals surface area contributed by atoms with Gasteiger partial charge in [-0.25, -0.2) is 5.06 Å². The van der Waals surface area contributed by atoms with Crippen LogP contribution in [-0.4, -0.2) is 88.3 Å². The fraction of sp³-hybridized carbons (Fsp3) is 0.773. The van der Waals surface area contributed by atoms with Gasteiger partial charge in [-0.3, -0.25) is 25.6 Å². The maximum atomic E-state index is 12.7. The first-order valence-corrected chi connectivity index (χ1v) is 12.1. The number of anilines is 2. The molecular weight excluding hydrogens is 551 g/mol. The third-order valence-corrected chi connectivity index (χ3v) is 6.21. The van der Waals surface area contributed by atoms with Gasteiger partial charge in [0.2, 0.25) is 24.2 Å². The van der Waals surface area contributed by atoms with Crippen molar-refractivity contribution >= 4 is 24.2 Å². The highest BCUT2D eigenvalue weighted by Gasteiger charge is 2.29. The number of unbranched alkanes of at least 4 members (excludes halogenated alkanes) is 2. The number of nitrogens with one attached hydrogen (secondary N) is 2. The van der Waals surface area contributed by atoms with Crippen molar-refractivity contribution in [2.75, 3.05) is 56.6 Å². The molecule has 12 heteroatoms. The van der Waals surface area contributed by atoms with Crippen molar-refractivity contribution in [3.05, 3.63) is 5.82 Å². The van der Waals surface area contributed by atoms with Gasteiger partial charge in [0, 0.05) is 6.42 Å². The minimum atomic E-state index is -0.540. The molecular formula is C22H41IN8O3. The second-order valence-electron chi connectivity index (χ2n) is 9.04. The Morgan fingerprint density at radius 2 is 1.88 bits per heavy atom. The Morgan fingerprint density at radius 3 is 2.47 bits per heavy atom. The van der Waals surface area contributed by atoms with Gasteiger partial charge in [-0.15, -0.1) is 0 Å². The number of hydrogen-bond acceptors (Lipinski definition) is 8. The van der Waals surface area contributed by atoms with Crippen LogP contribution in [0.5, 0.6) is 0 Å². The lowest BCUT2D eigenvalue weighted by Gasteiger charge is -2.42.